The second kappa shape index (κ2) is 4.97. The van der Waals surface area contributed by atoms with Gasteiger partial charge < -0.3 is 10.5 Å². The fraction of sp³-hybridized carbons (Fsp3) is 0.917. The van der Waals surface area contributed by atoms with Gasteiger partial charge in [-0.3, -0.25) is 4.79 Å². The molecule has 3 heteroatoms. The second-order valence-corrected chi connectivity index (χ2v) is 4.96. The molecule has 2 aliphatic rings. The van der Waals surface area contributed by atoms with Crippen LogP contribution in [0.1, 0.15) is 51.4 Å². The molecule has 0 amide bonds. The van der Waals surface area contributed by atoms with Gasteiger partial charge in [-0.25, -0.2) is 0 Å². The number of esters is 1. The number of ether oxygens (including phenoxy) is 1. The monoisotopic (exact) mass is 211 g/mol. The quantitative estimate of drug-likeness (QED) is 0.723. The van der Waals surface area contributed by atoms with E-state index in [1.54, 1.807) is 0 Å². The summed E-state index contributed by atoms with van der Waals surface area (Å²) in [7, 11) is 0. The molecule has 15 heavy (non-hydrogen) atoms. The predicted molar refractivity (Wildman–Crippen MR) is 58.3 cm³/mol. The van der Waals surface area contributed by atoms with Gasteiger partial charge in [-0.05, 0) is 44.4 Å². The molecule has 2 N–H and O–H groups in total. The van der Waals surface area contributed by atoms with E-state index in [0.717, 1.165) is 12.8 Å². The van der Waals surface area contributed by atoms with Crippen LogP contribution < -0.4 is 5.73 Å². The minimum Gasteiger partial charge on any atom is -0.462 e. The first-order valence-corrected chi connectivity index (χ1v) is 6.21. The Morgan fingerprint density at radius 1 is 1.20 bits per heavy atom. The Kier molecular flexibility index (Phi) is 3.62. The summed E-state index contributed by atoms with van der Waals surface area (Å²) < 4.78 is 5.42. The maximum atomic E-state index is 11.6. The Labute approximate surface area is 91.4 Å². The Bertz CT molecular complexity index is 220. The van der Waals surface area contributed by atoms with E-state index in [9.17, 15) is 4.79 Å². The van der Waals surface area contributed by atoms with Gasteiger partial charge in [0.05, 0.1) is 6.42 Å². The zero-order chi connectivity index (χ0) is 10.7. The fourth-order valence-electron chi connectivity index (χ4n) is 2.30. The predicted octanol–water partition coefficient (Wildman–Crippen LogP) is 1.99. The van der Waals surface area contributed by atoms with Gasteiger partial charge in [0.25, 0.3) is 0 Å². The maximum absolute atomic E-state index is 11.6. The highest BCUT2D eigenvalue weighted by Gasteiger charge is 2.30. The number of nitrogens with two attached hydrogens (primary N) is 1. The van der Waals surface area contributed by atoms with Crippen molar-refractivity contribution in [2.75, 3.05) is 0 Å². The first kappa shape index (κ1) is 10.9. The van der Waals surface area contributed by atoms with E-state index < -0.39 is 0 Å². The van der Waals surface area contributed by atoms with Crippen LogP contribution in [0, 0.1) is 5.92 Å². The molecule has 0 radical (unpaired) electrons. The van der Waals surface area contributed by atoms with E-state index in [-0.39, 0.29) is 18.1 Å². The number of hydrogen-bond donors (Lipinski definition) is 1. The van der Waals surface area contributed by atoms with Gasteiger partial charge in [-0.2, -0.15) is 0 Å². The molecule has 0 aliphatic heterocycles. The van der Waals surface area contributed by atoms with Gasteiger partial charge in [0.1, 0.15) is 6.10 Å². The number of hydrogen-bond acceptors (Lipinski definition) is 3. The molecule has 0 heterocycles. The summed E-state index contributed by atoms with van der Waals surface area (Å²) in [5.41, 5.74) is 5.88. The molecule has 0 bridgehead atoms. The van der Waals surface area contributed by atoms with E-state index in [1.807, 2.05) is 0 Å². The third kappa shape index (κ3) is 3.49. The zero-order valence-corrected chi connectivity index (χ0v) is 9.28. The summed E-state index contributed by atoms with van der Waals surface area (Å²) in [6, 6.07) is 0.0427. The third-order valence-electron chi connectivity index (χ3n) is 3.48. The van der Waals surface area contributed by atoms with E-state index in [4.69, 9.17) is 10.5 Å². The highest BCUT2D eigenvalue weighted by Crippen LogP contribution is 2.33. The summed E-state index contributed by atoms with van der Waals surface area (Å²) in [6.45, 7) is 0. The lowest BCUT2D eigenvalue weighted by Crippen LogP contribution is -2.29. The molecule has 86 valence electrons. The molecule has 3 nitrogen and oxygen atoms in total. The SMILES string of the molecule is NC(CC(=O)OC1CCCCC1)C1CC1. The van der Waals surface area contributed by atoms with Crippen molar-refractivity contribution in [1.82, 2.24) is 0 Å². The summed E-state index contributed by atoms with van der Waals surface area (Å²) in [6.07, 6.45) is 8.76. The summed E-state index contributed by atoms with van der Waals surface area (Å²) in [4.78, 5) is 11.6. The van der Waals surface area contributed by atoms with E-state index >= 15 is 0 Å². The van der Waals surface area contributed by atoms with E-state index in [2.05, 4.69) is 0 Å². The van der Waals surface area contributed by atoms with E-state index in [1.165, 1.54) is 32.1 Å². The van der Waals surface area contributed by atoms with Gasteiger partial charge in [0, 0.05) is 6.04 Å². The molecule has 0 aromatic heterocycles. The minimum absolute atomic E-state index is 0.0427. The summed E-state index contributed by atoms with van der Waals surface area (Å²) in [5.74, 6) is 0.505. The normalized spacial score (nSPS) is 24.9. The van der Waals surface area contributed by atoms with Crippen LogP contribution in [0.4, 0.5) is 0 Å². The maximum Gasteiger partial charge on any atom is 0.307 e. The van der Waals surface area contributed by atoms with Crippen LogP contribution in [0.25, 0.3) is 0 Å². The summed E-state index contributed by atoms with van der Waals surface area (Å²) >= 11 is 0. The van der Waals surface area contributed by atoms with Crippen LogP contribution >= 0.6 is 0 Å². The van der Waals surface area contributed by atoms with Crippen LogP contribution in [-0.2, 0) is 9.53 Å². The average molecular weight is 211 g/mol. The number of carbonyl (C=O) groups is 1. The van der Waals surface area contributed by atoms with Crippen molar-refractivity contribution < 1.29 is 9.53 Å². The lowest BCUT2D eigenvalue weighted by Gasteiger charge is -2.22. The van der Waals surface area contributed by atoms with Crippen LogP contribution in [0.3, 0.4) is 0 Å². The molecule has 0 saturated heterocycles. The molecule has 1 atom stereocenters. The van der Waals surface area contributed by atoms with Gasteiger partial charge >= 0.3 is 5.97 Å². The third-order valence-corrected chi connectivity index (χ3v) is 3.48. The van der Waals surface area contributed by atoms with Gasteiger partial charge in [-0.15, -0.1) is 0 Å². The molecule has 0 aromatic rings. The Morgan fingerprint density at radius 2 is 1.87 bits per heavy atom. The second-order valence-electron chi connectivity index (χ2n) is 4.96. The van der Waals surface area contributed by atoms with E-state index in [0.29, 0.717) is 12.3 Å². The lowest BCUT2D eigenvalue weighted by molar-refractivity contribution is -0.151. The Balaban J connectivity index is 1.66. The minimum atomic E-state index is -0.0821. The van der Waals surface area contributed by atoms with Crippen molar-refractivity contribution in [3.05, 3.63) is 0 Å². The standard InChI is InChI=1S/C12H21NO2/c13-11(9-6-7-9)8-12(14)15-10-4-2-1-3-5-10/h9-11H,1-8,13H2. The van der Waals surface area contributed by atoms with Crippen molar-refractivity contribution in [2.45, 2.75) is 63.5 Å². The molecule has 0 spiro atoms. The van der Waals surface area contributed by atoms with Crippen LogP contribution in [0.15, 0.2) is 0 Å². The first-order valence-electron chi connectivity index (χ1n) is 6.21. The number of carbonyl (C=O) groups excluding carboxylic acids is 1. The Morgan fingerprint density at radius 3 is 2.47 bits per heavy atom. The average Bonchev–Trinajstić information content (AvgIpc) is 3.01. The van der Waals surface area contributed by atoms with Crippen molar-refractivity contribution in [3.63, 3.8) is 0 Å². The largest absolute Gasteiger partial charge is 0.462 e. The molecule has 2 rings (SSSR count). The highest BCUT2D eigenvalue weighted by atomic mass is 16.5. The smallest absolute Gasteiger partial charge is 0.307 e. The van der Waals surface area contributed by atoms with Crippen molar-refractivity contribution in [3.8, 4) is 0 Å². The molecule has 0 aromatic carbocycles. The molecular weight excluding hydrogens is 190 g/mol. The highest BCUT2D eigenvalue weighted by molar-refractivity contribution is 5.70. The number of rotatable bonds is 4. The van der Waals surface area contributed by atoms with Gasteiger partial charge in [-0.1, -0.05) is 6.42 Å². The first-order chi connectivity index (χ1) is 7.25. The van der Waals surface area contributed by atoms with Crippen LogP contribution in [0.5, 0.6) is 0 Å². The lowest BCUT2D eigenvalue weighted by atomic mass is 9.98. The summed E-state index contributed by atoms with van der Waals surface area (Å²) in [5, 5.41) is 0. The van der Waals surface area contributed by atoms with Gasteiger partial charge in [0.2, 0.25) is 0 Å². The molecule has 1 unspecified atom stereocenters. The van der Waals surface area contributed by atoms with Crippen molar-refractivity contribution in [2.24, 2.45) is 11.7 Å². The molecule has 2 saturated carbocycles. The molecule has 2 fully saturated rings. The van der Waals surface area contributed by atoms with Crippen LogP contribution in [-0.4, -0.2) is 18.1 Å². The van der Waals surface area contributed by atoms with Gasteiger partial charge in [0.15, 0.2) is 0 Å². The van der Waals surface area contributed by atoms with Crippen LogP contribution in [0.2, 0.25) is 0 Å². The Hall–Kier alpha value is -0.570. The zero-order valence-electron chi connectivity index (χ0n) is 9.28. The topological polar surface area (TPSA) is 52.3 Å². The molecular formula is C12H21NO2. The fourth-order valence-corrected chi connectivity index (χ4v) is 2.30. The van der Waals surface area contributed by atoms with Crippen molar-refractivity contribution in [1.29, 1.82) is 0 Å². The molecule has 2 aliphatic carbocycles. The van der Waals surface area contributed by atoms with Crippen molar-refractivity contribution >= 4 is 5.97 Å².